The highest BCUT2D eigenvalue weighted by Gasteiger charge is 2.07. The Morgan fingerprint density at radius 1 is 1.21 bits per heavy atom. The van der Waals surface area contributed by atoms with Crippen LogP contribution >= 0.6 is 0 Å². The number of aryl methyl sites for hydroxylation is 2. The molecule has 2 rings (SSSR count). The molecule has 0 fully saturated rings. The highest BCUT2D eigenvalue weighted by molar-refractivity contribution is 5.75. The molecule has 2 N–H and O–H groups in total. The molecule has 0 saturated carbocycles. The van der Waals surface area contributed by atoms with Crippen molar-refractivity contribution in [3.05, 3.63) is 36.0 Å². The van der Waals surface area contributed by atoms with Gasteiger partial charge >= 0.3 is 0 Å². The molecule has 0 saturated heterocycles. The molecule has 1 aromatic carbocycles. The molecule has 0 aliphatic heterocycles. The van der Waals surface area contributed by atoms with Gasteiger partial charge in [0.2, 0.25) is 0 Å². The fourth-order valence-electron chi connectivity index (χ4n) is 1.59. The van der Waals surface area contributed by atoms with E-state index in [1.54, 1.807) is 4.68 Å². The molecule has 0 spiro atoms. The number of benzene rings is 1. The molecule has 3 heteroatoms. The van der Waals surface area contributed by atoms with E-state index in [9.17, 15) is 0 Å². The van der Waals surface area contributed by atoms with Crippen LogP contribution in [-0.4, -0.2) is 9.78 Å². The van der Waals surface area contributed by atoms with Crippen LogP contribution in [0.15, 0.2) is 30.5 Å². The van der Waals surface area contributed by atoms with Crippen molar-refractivity contribution >= 4 is 5.82 Å². The molecule has 2 aromatic rings. The Labute approximate surface area is 83.2 Å². The van der Waals surface area contributed by atoms with Crippen LogP contribution in [0.1, 0.15) is 5.56 Å². The normalized spacial score (nSPS) is 10.4. The van der Waals surface area contributed by atoms with Crippen molar-refractivity contribution in [2.45, 2.75) is 6.92 Å². The Balaban J connectivity index is 2.60. The summed E-state index contributed by atoms with van der Waals surface area (Å²) in [5, 5.41) is 4.12. The van der Waals surface area contributed by atoms with Crippen LogP contribution in [0.2, 0.25) is 0 Å². The van der Waals surface area contributed by atoms with E-state index in [0.29, 0.717) is 5.82 Å². The predicted molar refractivity (Wildman–Crippen MR) is 57.8 cm³/mol. The van der Waals surface area contributed by atoms with Crippen molar-refractivity contribution < 1.29 is 0 Å². The van der Waals surface area contributed by atoms with Gasteiger partial charge in [-0.3, -0.25) is 4.68 Å². The summed E-state index contributed by atoms with van der Waals surface area (Å²) in [6.45, 7) is 2.07. The molecule has 3 nitrogen and oxygen atoms in total. The SMILES string of the molecule is Cc1ccccc1-c1cn(C)nc1N. The molecule has 0 aliphatic rings. The fraction of sp³-hybridized carbons (Fsp3) is 0.182. The third-order valence-electron chi connectivity index (χ3n) is 2.29. The van der Waals surface area contributed by atoms with Crippen LogP contribution in [-0.2, 0) is 7.05 Å². The van der Waals surface area contributed by atoms with Gasteiger partial charge in [-0.15, -0.1) is 0 Å². The van der Waals surface area contributed by atoms with Gasteiger partial charge < -0.3 is 5.73 Å². The number of hydrogen-bond donors (Lipinski definition) is 1. The van der Waals surface area contributed by atoms with E-state index in [-0.39, 0.29) is 0 Å². The van der Waals surface area contributed by atoms with E-state index >= 15 is 0 Å². The maximum atomic E-state index is 5.81. The van der Waals surface area contributed by atoms with Crippen molar-refractivity contribution in [1.29, 1.82) is 0 Å². The third-order valence-corrected chi connectivity index (χ3v) is 2.29. The van der Waals surface area contributed by atoms with E-state index in [1.807, 2.05) is 25.4 Å². The van der Waals surface area contributed by atoms with Crippen LogP contribution < -0.4 is 5.73 Å². The maximum absolute atomic E-state index is 5.81. The monoisotopic (exact) mass is 187 g/mol. The molecule has 14 heavy (non-hydrogen) atoms. The molecular weight excluding hydrogens is 174 g/mol. The van der Waals surface area contributed by atoms with E-state index in [1.165, 1.54) is 5.56 Å². The van der Waals surface area contributed by atoms with Crippen LogP contribution in [0.4, 0.5) is 5.82 Å². The Morgan fingerprint density at radius 3 is 2.50 bits per heavy atom. The average molecular weight is 187 g/mol. The van der Waals surface area contributed by atoms with E-state index in [2.05, 4.69) is 24.2 Å². The zero-order chi connectivity index (χ0) is 10.1. The molecular formula is C11H13N3. The van der Waals surface area contributed by atoms with Crippen LogP contribution in [0.25, 0.3) is 11.1 Å². The quantitative estimate of drug-likeness (QED) is 0.741. The van der Waals surface area contributed by atoms with Gasteiger partial charge in [0.1, 0.15) is 0 Å². The smallest absolute Gasteiger partial charge is 0.153 e. The van der Waals surface area contributed by atoms with E-state index in [0.717, 1.165) is 11.1 Å². The Bertz CT molecular complexity index is 457. The summed E-state index contributed by atoms with van der Waals surface area (Å²) in [6, 6.07) is 8.16. The first-order valence-corrected chi connectivity index (χ1v) is 4.53. The van der Waals surface area contributed by atoms with Crippen LogP contribution in [0, 0.1) is 6.92 Å². The van der Waals surface area contributed by atoms with Gasteiger partial charge in [0, 0.05) is 18.8 Å². The molecule has 0 unspecified atom stereocenters. The maximum Gasteiger partial charge on any atom is 0.153 e. The van der Waals surface area contributed by atoms with Gasteiger partial charge in [-0.25, -0.2) is 0 Å². The lowest BCUT2D eigenvalue weighted by atomic mass is 10.0. The lowest BCUT2D eigenvalue weighted by molar-refractivity contribution is 0.772. The summed E-state index contributed by atoms with van der Waals surface area (Å²) in [5.74, 6) is 0.585. The summed E-state index contributed by atoms with van der Waals surface area (Å²) in [5.41, 5.74) is 9.18. The number of hydrogen-bond acceptors (Lipinski definition) is 2. The van der Waals surface area contributed by atoms with Gasteiger partial charge in [0.05, 0.1) is 0 Å². The summed E-state index contributed by atoms with van der Waals surface area (Å²) in [4.78, 5) is 0. The predicted octanol–water partition coefficient (Wildman–Crippen LogP) is 1.98. The fourth-order valence-corrected chi connectivity index (χ4v) is 1.59. The summed E-state index contributed by atoms with van der Waals surface area (Å²) in [6.07, 6.45) is 1.94. The van der Waals surface area contributed by atoms with Gasteiger partial charge in [-0.2, -0.15) is 5.10 Å². The molecule has 72 valence electrons. The summed E-state index contributed by atoms with van der Waals surface area (Å²) >= 11 is 0. The van der Waals surface area contributed by atoms with Gasteiger partial charge in [0.15, 0.2) is 5.82 Å². The van der Waals surface area contributed by atoms with E-state index < -0.39 is 0 Å². The second-order valence-electron chi connectivity index (χ2n) is 3.42. The first kappa shape index (κ1) is 8.81. The van der Waals surface area contributed by atoms with Crippen molar-refractivity contribution in [1.82, 2.24) is 9.78 Å². The van der Waals surface area contributed by atoms with Crippen LogP contribution in [0.5, 0.6) is 0 Å². The minimum absolute atomic E-state index is 0.585. The van der Waals surface area contributed by atoms with Crippen molar-refractivity contribution in [2.75, 3.05) is 5.73 Å². The molecule has 0 amide bonds. The zero-order valence-corrected chi connectivity index (χ0v) is 8.36. The number of anilines is 1. The second kappa shape index (κ2) is 3.18. The summed E-state index contributed by atoms with van der Waals surface area (Å²) < 4.78 is 1.73. The number of nitrogens with zero attached hydrogens (tertiary/aromatic N) is 2. The number of nitrogen functional groups attached to an aromatic ring is 1. The average Bonchev–Trinajstić information content (AvgIpc) is 2.46. The van der Waals surface area contributed by atoms with Gasteiger partial charge in [0.25, 0.3) is 0 Å². The van der Waals surface area contributed by atoms with Crippen molar-refractivity contribution in [2.24, 2.45) is 7.05 Å². The number of rotatable bonds is 1. The lowest BCUT2D eigenvalue weighted by Gasteiger charge is -2.02. The van der Waals surface area contributed by atoms with Crippen LogP contribution in [0.3, 0.4) is 0 Å². The largest absolute Gasteiger partial charge is 0.382 e. The summed E-state index contributed by atoms with van der Waals surface area (Å²) in [7, 11) is 1.87. The Morgan fingerprint density at radius 2 is 1.93 bits per heavy atom. The first-order chi connectivity index (χ1) is 6.68. The Hall–Kier alpha value is -1.77. The highest BCUT2D eigenvalue weighted by Crippen LogP contribution is 2.26. The standard InChI is InChI=1S/C11H13N3/c1-8-5-3-4-6-9(8)10-7-14(2)13-11(10)12/h3-7H,1-2H3,(H2,12,13). The number of aromatic nitrogens is 2. The molecule has 0 bridgehead atoms. The zero-order valence-electron chi connectivity index (χ0n) is 8.36. The highest BCUT2D eigenvalue weighted by atomic mass is 15.3. The molecule has 0 aliphatic carbocycles. The third kappa shape index (κ3) is 1.37. The van der Waals surface area contributed by atoms with E-state index in [4.69, 9.17) is 5.73 Å². The minimum Gasteiger partial charge on any atom is -0.382 e. The van der Waals surface area contributed by atoms with Crippen molar-refractivity contribution in [3.63, 3.8) is 0 Å². The lowest BCUT2D eigenvalue weighted by Crippen LogP contribution is -1.91. The molecule has 0 atom stereocenters. The molecule has 0 radical (unpaired) electrons. The minimum atomic E-state index is 0.585. The molecule has 1 aromatic heterocycles. The van der Waals surface area contributed by atoms with Gasteiger partial charge in [-0.05, 0) is 18.1 Å². The topological polar surface area (TPSA) is 43.8 Å². The van der Waals surface area contributed by atoms with Gasteiger partial charge in [-0.1, -0.05) is 24.3 Å². The van der Waals surface area contributed by atoms with Crippen molar-refractivity contribution in [3.8, 4) is 11.1 Å². The Kier molecular flexibility index (Phi) is 2.00. The second-order valence-corrected chi connectivity index (χ2v) is 3.42. The number of nitrogens with two attached hydrogens (primary N) is 1. The first-order valence-electron chi connectivity index (χ1n) is 4.53. The molecule has 1 heterocycles.